The second-order valence-electron chi connectivity index (χ2n) is 5.11. The molecule has 0 radical (unpaired) electrons. The van der Waals surface area contributed by atoms with Crippen molar-refractivity contribution in [2.45, 2.75) is 38.6 Å². The van der Waals surface area contributed by atoms with Gasteiger partial charge in [-0.1, -0.05) is 24.9 Å². The van der Waals surface area contributed by atoms with E-state index in [4.69, 9.17) is 16.7 Å². The van der Waals surface area contributed by atoms with Crippen molar-refractivity contribution in [1.82, 2.24) is 10.6 Å². The lowest BCUT2D eigenvalue weighted by Gasteiger charge is -2.13. The minimum Gasteiger partial charge on any atom is -0.480 e. The Bertz CT molecular complexity index is 546. The molecule has 0 bridgehead atoms. The van der Waals surface area contributed by atoms with Gasteiger partial charge in [-0.2, -0.15) is 0 Å². The molecule has 0 aliphatic carbocycles. The van der Waals surface area contributed by atoms with E-state index >= 15 is 0 Å². The number of carboxylic acid groups (broad SMARTS) is 1. The number of hydrogen-bond acceptors (Lipinski definition) is 3. The van der Waals surface area contributed by atoms with E-state index < -0.39 is 12.0 Å². The fourth-order valence-electron chi connectivity index (χ4n) is 1.97. The van der Waals surface area contributed by atoms with Crippen LogP contribution in [0.25, 0.3) is 0 Å². The quantitative estimate of drug-likeness (QED) is 0.601. The zero-order chi connectivity index (χ0) is 17.2. The van der Waals surface area contributed by atoms with Crippen molar-refractivity contribution >= 4 is 29.4 Å². The Morgan fingerprint density at radius 2 is 1.87 bits per heavy atom. The van der Waals surface area contributed by atoms with Crippen LogP contribution >= 0.6 is 11.6 Å². The smallest absolute Gasteiger partial charge is 0.326 e. The lowest BCUT2D eigenvalue weighted by atomic mass is 10.1. The first-order valence-corrected chi connectivity index (χ1v) is 7.87. The molecule has 1 aromatic carbocycles. The SMILES string of the molecule is CCCC(NC(=O)CCCNC(=O)c1ccc(Cl)cc1)C(=O)O. The minimum absolute atomic E-state index is 0.161. The molecule has 7 heteroatoms. The lowest BCUT2D eigenvalue weighted by Crippen LogP contribution is -2.40. The van der Waals surface area contributed by atoms with E-state index in [1.165, 1.54) is 0 Å². The molecule has 0 saturated carbocycles. The highest BCUT2D eigenvalue weighted by Gasteiger charge is 2.18. The van der Waals surface area contributed by atoms with E-state index in [9.17, 15) is 14.4 Å². The first-order valence-electron chi connectivity index (χ1n) is 7.50. The predicted octanol–water partition coefficient (Wildman–Crippen LogP) is 2.22. The second-order valence-corrected chi connectivity index (χ2v) is 5.55. The minimum atomic E-state index is -1.03. The van der Waals surface area contributed by atoms with Crippen LogP contribution in [0.15, 0.2) is 24.3 Å². The standard InChI is InChI=1S/C16H21ClN2O4/c1-2-4-13(16(22)23)19-14(20)5-3-10-18-15(21)11-6-8-12(17)9-7-11/h6-9,13H,2-5,10H2,1H3,(H,18,21)(H,19,20)(H,22,23). The van der Waals surface area contributed by atoms with Crippen LogP contribution in [0.2, 0.25) is 5.02 Å². The normalized spacial score (nSPS) is 11.6. The Morgan fingerprint density at radius 3 is 2.43 bits per heavy atom. The molecule has 2 amide bonds. The van der Waals surface area contributed by atoms with Gasteiger partial charge in [0.15, 0.2) is 0 Å². The van der Waals surface area contributed by atoms with Crippen molar-refractivity contribution in [2.24, 2.45) is 0 Å². The summed E-state index contributed by atoms with van der Waals surface area (Å²) in [5.74, 6) is -1.60. The summed E-state index contributed by atoms with van der Waals surface area (Å²) in [7, 11) is 0. The van der Waals surface area contributed by atoms with Gasteiger partial charge < -0.3 is 15.7 Å². The van der Waals surface area contributed by atoms with E-state index in [-0.39, 0.29) is 18.2 Å². The molecule has 1 rings (SSSR count). The monoisotopic (exact) mass is 340 g/mol. The van der Waals surface area contributed by atoms with Crippen molar-refractivity contribution in [1.29, 1.82) is 0 Å². The molecular weight excluding hydrogens is 320 g/mol. The maximum absolute atomic E-state index is 11.8. The van der Waals surface area contributed by atoms with Crippen LogP contribution < -0.4 is 10.6 Å². The molecule has 23 heavy (non-hydrogen) atoms. The van der Waals surface area contributed by atoms with Crippen molar-refractivity contribution in [3.05, 3.63) is 34.9 Å². The van der Waals surface area contributed by atoms with Crippen molar-refractivity contribution < 1.29 is 19.5 Å². The number of aliphatic carboxylic acids is 1. The van der Waals surface area contributed by atoms with E-state index in [0.29, 0.717) is 36.4 Å². The van der Waals surface area contributed by atoms with Crippen LogP contribution in [0.5, 0.6) is 0 Å². The Morgan fingerprint density at radius 1 is 1.22 bits per heavy atom. The summed E-state index contributed by atoms with van der Waals surface area (Å²) in [6.45, 7) is 2.19. The Balaban J connectivity index is 2.28. The number of halogens is 1. The Hall–Kier alpha value is -2.08. The Kier molecular flexibility index (Phi) is 8.11. The topological polar surface area (TPSA) is 95.5 Å². The Labute approximate surface area is 140 Å². The van der Waals surface area contributed by atoms with Gasteiger partial charge in [0, 0.05) is 23.6 Å². The van der Waals surface area contributed by atoms with Crippen LogP contribution in [-0.4, -0.2) is 35.5 Å². The van der Waals surface area contributed by atoms with E-state index in [1.54, 1.807) is 24.3 Å². The van der Waals surface area contributed by atoms with E-state index in [2.05, 4.69) is 10.6 Å². The molecule has 126 valence electrons. The van der Waals surface area contributed by atoms with Gasteiger partial charge in [0.2, 0.25) is 5.91 Å². The fourth-order valence-corrected chi connectivity index (χ4v) is 2.09. The maximum Gasteiger partial charge on any atom is 0.326 e. The molecule has 1 atom stereocenters. The largest absolute Gasteiger partial charge is 0.480 e. The summed E-state index contributed by atoms with van der Waals surface area (Å²) >= 11 is 5.75. The fraction of sp³-hybridized carbons (Fsp3) is 0.438. The number of carbonyl (C=O) groups is 3. The van der Waals surface area contributed by atoms with Gasteiger partial charge in [0.25, 0.3) is 5.91 Å². The third-order valence-electron chi connectivity index (χ3n) is 3.18. The molecule has 0 saturated heterocycles. The average Bonchev–Trinajstić information content (AvgIpc) is 2.51. The number of amides is 2. The van der Waals surface area contributed by atoms with Crippen molar-refractivity contribution in [2.75, 3.05) is 6.54 Å². The predicted molar refractivity (Wildman–Crippen MR) is 87.5 cm³/mol. The number of benzene rings is 1. The zero-order valence-corrected chi connectivity index (χ0v) is 13.7. The summed E-state index contributed by atoms with van der Waals surface area (Å²) in [4.78, 5) is 34.4. The molecule has 1 unspecified atom stereocenters. The van der Waals surface area contributed by atoms with Crippen LogP contribution in [0.3, 0.4) is 0 Å². The molecule has 0 fully saturated rings. The van der Waals surface area contributed by atoms with Gasteiger partial charge >= 0.3 is 5.97 Å². The summed E-state index contributed by atoms with van der Waals surface area (Å²) in [5, 5.41) is 14.7. The van der Waals surface area contributed by atoms with Crippen LogP contribution in [0.1, 0.15) is 43.0 Å². The number of hydrogen-bond donors (Lipinski definition) is 3. The summed E-state index contributed by atoms with van der Waals surface area (Å²) < 4.78 is 0. The molecule has 6 nitrogen and oxygen atoms in total. The summed E-state index contributed by atoms with van der Waals surface area (Å²) in [6.07, 6.45) is 1.67. The molecule has 0 heterocycles. The first kappa shape index (κ1) is 19.0. The molecule has 0 spiro atoms. The van der Waals surface area contributed by atoms with E-state index in [1.807, 2.05) is 6.92 Å². The van der Waals surface area contributed by atoms with Crippen LogP contribution in [-0.2, 0) is 9.59 Å². The molecule has 0 aliphatic heterocycles. The van der Waals surface area contributed by atoms with Gasteiger partial charge in [-0.15, -0.1) is 0 Å². The highest BCUT2D eigenvalue weighted by atomic mass is 35.5. The van der Waals surface area contributed by atoms with Gasteiger partial charge in [0.1, 0.15) is 6.04 Å². The first-order chi connectivity index (χ1) is 10.9. The maximum atomic E-state index is 11.8. The van der Waals surface area contributed by atoms with Gasteiger partial charge in [-0.05, 0) is 37.1 Å². The number of carboxylic acids is 1. The molecule has 3 N–H and O–H groups in total. The van der Waals surface area contributed by atoms with Gasteiger partial charge in [-0.3, -0.25) is 9.59 Å². The number of carbonyl (C=O) groups excluding carboxylic acids is 2. The molecule has 1 aromatic rings. The van der Waals surface area contributed by atoms with Crippen LogP contribution in [0, 0.1) is 0 Å². The molecule has 0 aromatic heterocycles. The molecular formula is C16H21ClN2O4. The van der Waals surface area contributed by atoms with E-state index in [0.717, 1.165) is 0 Å². The number of nitrogens with one attached hydrogen (secondary N) is 2. The average molecular weight is 341 g/mol. The zero-order valence-electron chi connectivity index (χ0n) is 13.0. The van der Waals surface area contributed by atoms with Crippen molar-refractivity contribution in [3.8, 4) is 0 Å². The third-order valence-corrected chi connectivity index (χ3v) is 3.44. The van der Waals surface area contributed by atoms with Gasteiger partial charge in [0.05, 0.1) is 0 Å². The summed E-state index contributed by atoms with van der Waals surface area (Å²) in [6, 6.07) is 5.64. The highest BCUT2D eigenvalue weighted by molar-refractivity contribution is 6.30. The molecule has 0 aliphatic rings. The number of rotatable bonds is 9. The summed E-state index contributed by atoms with van der Waals surface area (Å²) in [5.41, 5.74) is 0.493. The highest BCUT2D eigenvalue weighted by Crippen LogP contribution is 2.09. The van der Waals surface area contributed by atoms with Crippen LogP contribution in [0.4, 0.5) is 0 Å². The van der Waals surface area contributed by atoms with Gasteiger partial charge in [-0.25, -0.2) is 4.79 Å². The third kappa shape index (κ3) is 7.15. The lowest BCUT2D eigenvalue weighted by molar-refractivity contribution is -0.142. The van der Waals surface area contributed by atoms with Crippen molar-refractivity contribution in [3.63, 3.8) is 0 Å². The second kappa shape index (κ2) is 9.84.